The fourth-order valence-corrected chi connectivity index (χ4v) is 4.93. The first-order valence-corrected chi connectivity index (χ1v) is 8.83. The highest BCUT2D eigenvalue weighted by Crippen LogP contribution is 2.44. The van der Waals surface area contributed by atoms with Gasteiger partial charge in [-0.3, -0.25) is 4.68 Å². The Balaban J connectivity index is 1.54. The molecule has 0 aromatic carbocycles. The molecule has 0 spiro atoms. The Morgan fingerprint density at radius 1 is 1.29 bits per heavy atom. The first kappa shape index (κ1) is 14.9. The van der Waals surface area contributed by atoms with E-state index in [1.54, 1.807) is 6.20 Å². The Hall–Kier alpha value is -1.02. The Morgan fingerprint density at radius 3 is 2.52 bits per heavy atom. The largest absolute Gasteiger partial charge is 0.270 e. The molecule has 1 aliphatic heterocycles. The number of sulfonamides is 1. The SMILES string of the molecule is O=S(=O)(C[C@@H]1C[C@H]1C(F)F)N1CCC(n2cccn2)CC1. The van der Waals surface area contributed by atoms with E-state index in [9.17, 15) is 17.2 Å². The lowest BCUT2D eigenvalue weighted by Crippen LogP contribution is -2.40. The average Bonchev–Trinajstić information content (AvgIpc) is 3.00. The summed E-state index contributed by atoms with van der Waals surface area (Å²) in [4.78, 5) is 0. The van der Waals surface area contributed by atoms with Crippen molar-refractivity contribution in [2.75, 3.05) is 18.8 Å². The number of hydrogen-bond donors (Lipinski definition) is 0. The number of alkyl halides is 2. The van der Waals surface area contributed by atoms with Crippen LogP contribution in [0.1, 0.15) is 25.3 Å². The summed E-state index contributed by atoms with van der Waals surface area (Å²) >= 11 is 0. The molecule has 2 atom stereocenters. The minimum atomic E-state index is -3.41. The van der Waals surface area contributed by atoms with Crippen molar-refractivity contribution in [1.82, 2.24) is 14.1 Å². The number of halogens is 2. The van der Waals surface area contributed by atoms with E-state index in [0.29, 0.717) is 32.4 Å². The van der Waals surface area contributed by atoms with Gasteiger partial charge >= 0.3 is 0 Å². The van der Waals surface area contributed by atoms with Crippen molar-refractivity contribution in [3.8, 4) is 0 Å². The third-order valence-corrected chi connectivity index (χ3v) is 6.44. The second kappa shape index (κ2) is 5.64. The highest BCUT2D eigenvalue weighted by molar-refractivity contribution is 7.89. The van der Waals surface area contributed by atoms with E-state index in [2.05, 4.69) is 5.10 Å². The molecule has 2 aliphatic rings. The fourth-order valence-electron chi connectivity index (χ4n) is 3.03. The Morgan fingerprint density at radius 2 is 2.00 bits per heavy atom. The maximum Gasteiger partial charge on any atom is 0.241 e. The van der Waals surface area contributed by atoms with Gasteiger partial charge in [0.2, 0.25) is 16.4 Å². The van der Waals surface area contributed by atoms with Crippen LogP contribution < -0.4 is 0 Å². The van der Waals surface area contributed by atoms with Gasteiger partial charge in [-0.15, -0.1) is 0 Å². The van der Waals surface area contributed by atoms with Crippen molar-refractivity contribution in [2.45, 2.75) is 31.7 Å². The molecule has 118 valence electrons. The summed E-state index contributed by atoms with van der Waals surface area (Å²) in [5.41, 5.74) is 0. The molecular weight excluding hydrogens is 300 g/mol. The van der Waals surface area contributed by atoms with Gasteiger partial charge < -0.3 is 0 Å². The quantitative estimate of drug-likeness (QED) is 0.831. The number of hydrogen-bond acceptors (Lipinski definition) is 3. The second-order valence-corrected chi connectivity index (χ2v) is 7.90. The van der Waals surface area contributed by atoms with Gasteiger partial charge in [0.1, 0.15) is 0 Å². The molecule has 21 heavy (non-hydrogen) atoms. The zero-order valence-electron chi connectivity index (χ0n) is 11.6. The summed E-state index contributed by atoms with van der Waals surface area (Å²) in [5.74, 6) is -1.21. The highest BCUT2D eigenvalue weighted by atomic mass is 32.2. The maximum absolute atomic E-state index is 12.5. The van der Waals surface area contributed by atoms with Crippen LogP contribution in [0.3, 0.4) is 0 Å². The molecule has 1 aromatic heterocycles. The minimum absolute atomic E-state index is 0.131. The Labute approximate surface area is 123 Å². The smallest absolute Gasteiger partial charge is 0.241 e. The molecule has 0 amide bonds. The minimum Gasteiger partial charge on any atom is -0.270 e. The van der Waals surface area contributed by atoms with E-state index in [0.717, 1.165) is 0 Å². The summed E-state index contributed by atoms with van der Waals surface area (Å²) in [6, 6.07) is 2.07. The molecular formula is C13H19F2N3O2S. The molecule has 1 aromatic rings. The maximum atomic E-state index is 12.5. The lowest BCUT2D eigenvalue weighted by molar-refractivity contribution is 0.117. The monoisotopic (exact) mass is 319 g/mol. The van der Waals surface area contributed by atoms with Crippen LogP contribution in [0.5, 0.6) is 0 Å². The second-order valence-electron chi connectivity index (χ2n) is 5.89. The lowest BCUT2D eigenvalue weighted by Gasteiger charge is -2.31. The van der Waals surface area contributed by atoms with Gasteiger partial charge in [-0.25, -0.2) is 21.5 Å². The van der Waals surface area contributed by atoms with Gasteiger partial charge in [-0.2, -0.15) is 5.10 Å². The van der Waals surface area contributed by atoms with Gasteiger partial charge in [0, 0.05) is 31.4 Å². The van der Waals surface area contributed by atoms with Crippen LogP contribution in [0, 0.1) is 11.8 Å². The van der Waals surface area contributed by atoms with Gasteiger partial charge in [0.15, 0.2) is 0 Å². The normalized spacial score (nSPS) is 28.1. The summed E-state index contributed by atoms with van der Waals surface area (Å²) < 4.78 is 52.8. The zero-order chi connectivity index (χ0) is 15.0. The van der Waals surface area contributed by atoms with Gasteiger partial charge in [0.05, 0.1) is 11.8 Å². The summed E-state index contributed by atoms with van der Waals surface area (Å²) in [7, 11) is -3.41. The van der Waals surface area contributed by atoms with Crippen LogP contribution in [0.25, 0.3) is 0 Å². The van der Waals surface area contributed by atoms with Crippen molar-refractivity contribution >= 4 is 10.0 Å². The molecule has 1 saturated heterocycles. The van der Waals surface area contributed by atoms with Gasteiger partial charge in [-0.1, -0.05) is 0 Å². The van der Waals surface area contributed by atoms with Gasteiger partial charge in [0.25, 0.3) is 0 Å². The molecule has 0 bridgehead atoms. The van der Waals surface area contributed by atoms with Crippen LogP contribution >= 0.6 is 0 Å². The van der Waals surface area contributed by atoms with E-state index in [4.69, 9.17) is 0 Å². The van der Waals surface area contributed by atoms with Crippen molar-refractivity contribution in [3.05, 3.63) is 18.5 Å². The van der Waals surface area contributed by atoms with E-state index >= 15 is 0 Å². The first-order chi connectivity index (χ1) is 9.97. The number of rotatable bonds is 5. The third-order valence-electron chi connectivity index (χ3n) is 4.44. The molecule has 1 saturated carbocycles. The average molecular weight is 319 g/mol. The number of piperidine rings is 1. The molecule has 1 aliphatic carbocycles. The predicted octanol–water partition coefficient (Wildman–Crippen LogP) is 1.75. The Bertz CT molecular complexity index is 568. The zero-order valence-corrected chi connectivity index (χ0v) is 12.4. The van der Waals surface area contributed by atoms with Crippen LogP contribution in [0.2, 0.25) is 0 Å². The fraction of sp³-hybridized carbons (Fsp3) is 0.769. The van der Waals surface area contributed by atoms with Crippen LogP contribution in [-0.4, -0.2) is 47.8 Å². The van der Waals surface area contributed by atoms with E-state index in [1.165, 1.54) is 4.31 Å². The molecule has 0 unspecified atom stereocenters. The Kier molecular flexibility index (Phi) is 4.00. The molecule has 0 radical (unpaired) electrons. The predicted molar refractivity (Wildman–Crippen MR) is 73.5 cm³/mol. The van der Waals surface area contributed by atoms with Crippen LogP contribution in [-0.2, 0) is 10.0 Å². The molecule has 2 heterocycles. The van der Waals surface area contributed by atoms with Crippen molar-refractivity contribution in [3.63, 3.8) is 0 Å². The van der Waals surface area contributed by atoms with E-state index in [-0.39, 0.29) is 17.7 Å². The molecule has 2 fully saturated rings. The topological polar surface area (TPSA) is 55.2 Å². The van der Waals surface area contributed by atoms with E-state index < -0.39 is 22.4 Å². The first-order valence-electron chi connectivity index (χ1n) is 7.22. The van der Waals surface area contributed by atoms with Crippen LogP contribution in [0.4, 0.5) is 8.78 Å². The molecule has 3 rings (SSSR count). The summed E-state index contributed by atoms with van der Waals surface area (Å²) in [6.45, 7) is 0.887. The highest BCUT2D eigenvalue weighted by Gasteiger charge is 2.47. The van der Waals surface area contributed by atoms with Crippen molar-refractivity contribution < 1.29 is 17.2 Å². The molecule has 5 nitrogen and oxygen atoms in total. The van der Waals surface area contributed by atoms with Crippen molar-refractivity contribution in [2.24, 2.45) is 11.8 Å². The molecule has 0 N–H and O–H groups in total. The van der Waals surface area contributed by atoms with Crippen LogP contribution in [0.15, 0.2) is 18.5 Å². The lowest BCUT2D eigenvalue weighted by atomic mass is 10.1. The number of aromatic nitrogens is 2. The van der Waals surface area contributed by atoms with Crippen molar-refractivity contribution in [1.29, 1.82) is 0 Å². The number of nitrogens with zero attached hydrogens (tertiary/aromatic N) is 3. The van der Waals surface area contributed by atoms with E-state index in [1.807, 2.05) is 16.9 Å². The van der Waals surface area contributed by atoms with Gasteiger partial charge in [-0.05, 0) is 31.2 Å². The standard InChI is InChI=1S/C13H19F2N3O2S/c14-13(15)12-8-10(12)9-21(19,20)17-6-2-11(3-7-17)18-5-1-4-16-18/h1,4-5,10-13H,2-3,6-9H2/t10-,12+/m0/s1. The third kappa shape index (κ3) is 3.26. The molecule has 8 heteroatoms. The summed E-state index contributed by atoms with van der Waals surface area (Å²) in [5, 5.41) is 4.18. The summed E-state index contributed by atoms with van der Waals surface area (Å²) in [6.07, 6.45) is 2.96.